The third kappa shape index (κ3) is 3.67. The van der Waals surface area contributed by atoms with Gasteiger partial charge in [0.25, 0.3) is 5.56 Å². The minimum absolute atomic E-state index is 0.0439. The van der Waals surface area contributed by atoms with Crippen LogP contribution in [0.3, 0.4) is 0 Å². The summed E-state index contributed by atoms with van der Waals surface area (Å²) in [5, 5.41) is 0. The Hall–Kier alpha value is -3.87. The molecule has 1 saturated carbocycles. The topological polar surface area (TPSA) is 73.8 Å². The zero-order valence-corrected chi connectivity index (χ0v) is 19.1. The number of rotatable bonds is 4. The van der Waals surface area contributed by atoms with Gasteiger partial charge in [-0.1, -0.05) is 6.07 Å². The summed E-state index contributed by atoms with van der Waals surface area (Å²) in [4.78, 5) is 21.9. The van der Waals surface area contributed by atoms with Gasteiger partial charge >= 0.3 is 0 Å². The number of nitrogens with two attached hydrogens (primary N) is 1. The highest BCUT2D eigenvalue weighted by Gasteiger charge is 2.41. The zero-order chi connectivity index (χ0) is 24.1. The maximum Gasteiger partial charge on any atom is 0.258 e. The molecule has 0 spiro atoms. The van der Waals surface area contributed by atoms with Crippen molar-refractivity contribution in [2.45, 2.75) is 39.0 Å². The number of hydrogen-bond acceptors (Lipinski definition) is 4. The number of aryl methyl sites for hydroxylation is 2. The van der Waals surface area contributed by atoms with Gasteiger partial charge in [0, 0.05) is 29.2 Å². The first kappa shape index (κ1) is 21.9. The van der Waals surface area contributed by atoms with Crippen LogP contribution in [0.4, 0.5) is 14.5 Å². The number of benzene rings is 1. The van der Waals surface area contributed by atoms with Crippen LogP contribution in [-0.4, -0.2) is 14.5 Å². The van der Waals surface area contributed by atoms with Crippen molar-refractivity contribution in [2.24, 2.45) is 0 Å². The van der Waals surface area contributed by atoms with E-state index in [2.05, 4.69) is 9.97 Å². The van der Waals surface area contributed by atoms with Gasteiger partial charge in [-0.2, -0.15) is 0 Å². The number of nitrogens with zero attached hydrogens (tertiary/aromatic N) is 3. The molecule has 0 saturated heterocycles. The first-order chi connectivity index (χ1) is 16.3. The maximum absolute atomic E-state index is 14.6. The molecule has 5 rings (SSSR count). The van der Waals surface area contributed by atoms with Gasteiger partial charge in [-0.15, -0.1) is 0 Å². The van der Waals surface area contributed by atoms with Crippen LogP contribution in [0.25, 0.3) is 16.9 Å². The summed E-state index contributed by atoms with van der Waals surface area (Å²) in [6.07, 6.45) is 5.37. The largest absolute Gasteiger partial charge is 0.396 e. The van der Waals surface area contributed by atoms with Gasteiger partial charge in [-0.25, -0.2) is 8.78 Å². The second-order valence-electron chi connectivity index (χ2n) is 8.96. The lowest BCUT2D eigenvalue weighted by Crippen LogP contribution is -2.25. The average Bonchev–Trinajstić information content (AvgIpc) is 3.60. The van der Waals surface area contributed by atoms with E-state index in [1.54, 1.807) is 35.2 Å². The highest BCUT2D eigenvalue weighted by molar-refractivity contribution is 5.67. The highest BCUT2D eigenvalue weighted by Crippen LogP contribution is 2.55. The Morgan fingerprint density at radius 3 is 2.59 bits per heavy atom. The van der Waals surface area contributed by atoms with Crippen LogP contribution in [0.5, 0.6) is 0 Å². The van der Waals surface area contributed by atoms with E-state index in [1.165, 1.54) is 18.3 Å². The third-order valence-corrected chi connectivity index (χ3v) is 6.64. The summed E-state index contributed by atoms with van der Waals surface area (Å²) in [6.45, 7) is 5.57. The molecule has 0 bridgehead atoms. The molecule has 1 aliphatic carbocycles. The van der Waals surface area contributed by atoms with E-state index in [0.717, 1.165) is 28.8 Å². The van der Waals surface area contributed by atoms with Gasteiger partial charge < -0.3 is 5.73 Å². The fourth-order valence-corrected chi connectivity index (χ4v) is 4.72. The van der Waals surface area contributed by atoms with Crippen molar-refractivity contribution in [3.8, 4) is 16.9 Å². The molecule has 5 nitrogen and oxygen atoms in total. The molecule has 1 fully saturated rings. The monoisotopic (exact) mass is 458 g/mol. The van der Waals surface area contributed by atoms with E-state index < -0.39 is 5.82 Å². The Morgan fingerprint density at radius 2 is 1.82 bits per heavy atom. The van der Waals surface area contributed by atoms with Crippen molar-refractivity contribution in [3.63, 3.8) is 0 Å². The van der Waals surface area contributed by atoms with E-state index in [-0.39, 0.29) is 34.5 Å². The molecular weight excluding hydrogens is 434 g/mol. The molecule has 4 aromatic rings. The van der Waals surface area contributed by atoms with Gasteiger partial charge in [0.15, 0.2) is 5.82 Å². The van der Waals surface area contributed by atoms with Gasteiger partial charge in [-0.3, -0.25) is 19.3 Å². The molecule has 3 heterocycles. The third-order valence-electron chi connectivity index (χ3n) is 6.64. The van der Waals surface area contributed by atoms with Crippen LogP contribution in [0.15, 0.2) is 59.8 Å². The molecule has 3 aromatic heterocycles. The molecule has 2 N–H and O–H groups in total. The van der Waals surface area contributed by atoms with Crippen molar-refractivity contribution in [1.82, 2.24) is 14.5 Å². The maximum atomic E-state index is 14.6. The van der Waals surface area contributed by atoms with Crippen molar-refractivity contribution in [2.75, 3.05) is 5.73 Å². The number of nitrogen functional groups attached to an aromatic ring is 1. The summed E-state index contributed by atoms with van der Waals surface area (Å²) >= 11 is 0. The van der Waals surface area contributed by atoms with Crippen LogP contribution >= 0.6 is 0 Å². The summed E-state index contributed by atoms with van der Waals surface area (Å²) < 4.78 is 29.9. The molecule has 0 radical (unpaired) electrons. The Bertz CT molecular complexity index is 1490. The van der Waals surface area contributed by atoms with E-state index in [4.69, 9.17) is 5.73 Å². The fourth-order valence-electron chi connectivity index (χ4n) is 4.72. The Balaban J connectivity index is 1.57. The molecule has 1 aromatic carbocycles. The first-order valence-corrected chi connectivity index (χ1v) is 11.1. The van der Waals surface area contributed by atoms with Crippen molar-refractivity contribution in [1.29, 1.82) is 0 Å². The van der Waals surface area contributed by atoms with Gasteiger partial charge in [0.1, 0.15) is 5.82 Å². The average molecular weight is 459 g/mol. The number of anilines is 1. The van der Waals surface area contributed by atoms with E-state index in [1.807, 2.05) is 26.8 Å². The number of pyridine rings is 3. The van der Waals surface area contributed by atoms with Crippen molar-refractivity contribution >= 4 is 5.69 Å². The van der Waals surface area contributed by atoms with E-state index in [9.17, 15) is 13.6 Å². The lowest BCUT2D eigenvalue weighted by Gasteiger charge is -2.17. The molecule has 34 heavy (non-hydrogen) atoms. The minimum atomic E-state index is -0.535. The number of halogens is 2. The van der Waals surface area contributed by atoms with E-state index in [0.29, 0.717) is 16.9 Å². The molecule has 0 aliphatic heterocycles. The van der Waals surface area contributed by atoms with Crippen LogP contribution in [0.1, 0.15) is 46.2 Å². The first-order valence-electron chi connectivity index (χ1n) is 11.1. The van der Waals surface area contributed by atoms with Crippen LogP contribution < -0.4 is 11.3 Å². The molecule has 0 amide bonds. The van der Waals surface area contributed by atoms with Crippen molar-refractivity contribution in [3.05, 3.63) is 105 Å². The smallest absolute Gasteiger partial charge is 0.258 e. The SMILES string of the molecule is Cc1cnc(-c2cccc(N)c2F)cc1-n1c(C)cc([C@H]2C[C@@H]2c2cncc(F)c2)c(C)c1=O. The zero-order valence-electron chi connectivity index (χ0n) is 19.1. The summed E-state index contributed by atoms with van der Waals surface area (Å²) in [7, 11) is 0. The fraction of sp³-hybridized carbons (Fsp3) is 0.222. The van der Waals surface area contributed by atoms with Gasteiger partial charge in [0.05, 0.1) is 23.3 Å². The predicted octanol–water partition coefficient (Wildman–Crippen LogP) is 5.35. The van der Waals surface area contributed by atoms with Gasteiger partial charge in [0.2, 0.25) is 0 Å². The molecule has 172 valence electrons. The molecule has 1 aliphatic rings. The molecular formula is C27H24F2N4O. The normalized spacial score (nSPS) is 17.1. The second kappa shape index (κ2) is 8.17. The minimum Gasteiger partial charge on any atom is -0.396 e. The van der Waals surface area contributed by atoms with Crippen LogP contribution in [-0.2, 0) is 0 Å². The Labute approximate surface area is 195 Å². The summed E-state index contributed by atoms with van der Waals surface area (Å²) in [5.41, 5.74) is 11.0. The Kier molecular flexibility index (Phi) is 5.27. The lowest BCUT2D eigenvalue weighted by molar-refractivity contribution is 0.618. The predicted molar refractivity (Wildman–Crippen MR) is 128 cm³/mol. The highest BCUT2D eigenvalue weighted by atomic mass is 19.1. The standard InChI is InChI=1S/C27H24F2N4O/c1-14-11-32-24(19-5-4-6-23(30)26(19)29)10-25(14)33-15(2)7-20(16(3)27(33)34)22-9-21(22)17-8-18(28)13-31-12-17/h4-8,10-13,21-22H,9,30H2,1-3H3/t21-,22-/m1/s1. The van der Waals surface area contributed by atoms with Gasteiger partial charge in [-0.05, 0) is 86.1 Å². The Morgan fingerprint density at radius 1 is 1.03 bits per heavy atom. The van der Waals surface area contributed by atoms with Crippen LogP contribution in [0.2, 0.25) is 0 Å². The van der Waals surface area contributed by atoms with Crippen LogP contribution in [0, 0.1) is 32.4 Å². The quantitative estimate of drug-likeness (QED) is 0.418. The number of aromatic nitrogens is 3. The van der Waals surface area contributed by atoms with Crippen molar-refractivity contribution < 1.29 is 8.78 Å². The summed E-state index contributed by atoms with van der Waals surface area (Å²) in [6, 6.07) is 10.0. The number of hydrogen-bond donors (Lipinski definition) is 1. The lowest BCUT2D eigenvalue weighted by atomic mass is 10.0. The van der Waals surface area contributed by atoms with E-state index >= 15 is 0 Å². The summed E-state index contributed by atoms with van der Waals surface area (Å²) in [5.74, 6) is -0.587. The second-order valence-corrected chi connectivity index (χ2v) is 8.96. The molecule has 2 atom stereocenters. The molecule has 7 heteroatoms. The molecule has 0 unspecified atom stereocenters.